The summed E-state index contributed by atoms with van der Waals surface area (Å²) in [5.41, 5.74) is 0. The third-order valence-electron chi connectivity index (χ3n) is 3.04. The quantitative estimate of drug-likeness (QED) is 0.732. The summed E-state index contributed by atoms with van der Waals surface area (Å²) in [6.07, 6.45) is 3.66. The van der Waals surface area contributed by atoms with Crippen molar-refractivity contribution in [3.05, 3.63) is 0 Å². The summed E-state index contributed by atoms with van der Waals surface area (Å²) in [5, 5.41) is 3.65. The fourth-order valence-corrected chi connectivity index (χ4v) is 1.96. The molecule has 2 atom stereocenters. The van der Waals surface area contributed by atoms with Crippen molar-refractivity contribution < 1.29 is 9.47 Å². The molecule has 84 valence electrons. The fourth-order valence-electron chi connectivity index (χ4n) is 1.96. The first kappa shape index (κ1) is 12.0. The van der Waals surface area contributed by atoms with Gasteiger partial charge in [-0.25, -0.2) is 0 Å². The van der Waals surface area contributed by atoms with E-state index in [9.17, 15) is 0 Å². The highest BCUT2D eigenvalue weighted by Crippen LogP contribution is 2.12. The van der Waals surface area contributed by atoms with Crippen molar-refractivity contribution in [2.75, 3.05) is 20.3 Å². The van der Waals surface area contributed by atoms with Crippen LogP contribution in [0.1, 0.15) is 33.1 Å². The highest BCUT2D eigenvalue weighted by molar-refractivity contribution is 4.82. The maximum absolute atomic E-state index is 5.41. The summed E-state index contributed by atoms with van der Waals surface area (Å²) in [6, 6.07) is 1.09. The largest absolute Gasteiger partial charge is 0.379 e. The van der Waals surface area contributed by atoms with Crippen LogP contribution in [-0.2, 0) is 9.47 Å². The lowest BCUT2D eigenvalue weighted by molar-refractivity contribution is -0.0522. The van der Waals surface area contributed by atoms with Crippen molar-refractivity contribution in [3.63, 3.8) is 0 Å². The molecule has 0 aromatic rings. The van der Waals surface area contributed by atoms with Crippen LogP contribution in [0.15, 0.2) is 0 Å². The van der Waals surface area contributed by atoms with E-state index < -0.39 is 0 Å². The van der Waals surface area contributed by atoms with Crippen LogP contribution in [0.2, 0.25) is 0 Å². The Hall–Kier alpha value is -0.120. The monoisotopic (exact) mass is 201 g/mol. The fraction of sp³-hybridized carbons (Fsp3) is 1.00. The lowest BCUT2D eigenvalue weighted by Crippen LogP contribution is -2.50. The van der Waals surface area contributed by atoms with Gasteiger partial charge >= 0.3 is 0 Å². The smallest absolute Gasteiger partial charge is 0.0958 e. The molecule has 1 N–H and O–H groups in total. The van der Waals surface area contributed by atoms with Gasteiger partial charge in [0.15, 0.2) is 0 Å². The van der Waals surface area contributed by atoms with Crippen LogP contribution in [-0.4, -0.2) is 38.5 Å². The number of hydrogen-bond acceptors (Lipinski definition) is 3. The zero-order chi connectivity index (χ0) is 10.4. The molecule has 0 radical (unpaired) electrons. The molecule has 1 heterocycles. The normalized spacial score (nSPS) is 28.3. The second-order valence-electron chi connectivity index (χ2n) is 3.92. The predicted octanol–water partition coefficient (Wildman–Crippen LogP) is 1.57. The number of methoxy groups -OCH3 is 1. The van der Waals surface area contributed by atoms with Crippen LogP contribution >= 0.6 is 0 Å². The second kappa shape index (κ2) is 6.38. The minimum atomic E-state index is 0.226. The van der Waals surface area contributed by atoms with Gasteiger partial charge in [0.05, 0.1) is 12.7 Å². The molecule has 1 fully saturated rings. The molecule has 1 saturated heterocycles. The van der Waals surface area contributed by atoms with Crippen molar-refractivity contribution in [2.24, 2.45) is 0 Å². The maximum Gasteiger partial charge on any atom is 0.0958 e. The summed E-state index contributed by atoms with van der Waals surface area (Å²) in [7, 11) is 1.76. The van der Waals surface area contributed by atoms with E-state index in [2.05, 4.69) is 19.2 Å². The number of hydrogen-bond donors (Lipinski definition) is 1. The zero-order valence-electron chi connectivity index (χ0n) is 9.58. The van der Waals surface area contributed by atoms with Crippen LogP contribution in [0, 0.1) is 0 Å². The molecule has 1 rings (SSSR count). The Morgan fingerprint density at radius 2 is 2.14 bits per heavy atom. The van der Waals surface area contributed by atoms with E-state index in [1.54, 1.807) is 7.11 Å². The van der Waals surface area contributed by atoms with Gasteiger partial charge in [0.25, 0.3) is 0 Å². The van der Waals surface area contributed by atoms with Crippen LogP contribution < -0.4 is 5.32 Å². The molecule has 3 heteroatoms. The van der Waals surface area contributed by atoms with Crippen molar-refractivity contribution in [2.45, 2.75) is 51.3 Å². The van der Waals surface area contributed by atoms with E-state index in [0.717, 1.165) is 19.6 Å². The van der Waals surface area contributed by atoms with E-state index >= 15 is 0 Å². The lowest BCUT2D eigenvalue weighted by atomic mass is 10.0. The van der Waals surface area contributed by atoms with Crippen molar-refractivity contribution >= 4 is 0 Å². The lowest BCUT2D eigenvalue weighted by Gasteiger charge is -2.33. The summed E-state index contributed by atoms with van der Waals surface area (Å²) in [5.74, 6) is 0. The Kier molecular flexibility index (Phi) is 5.45. The van der Waals surface area contributed by atoms with Crippen LogP contribution in [0.25, 0.3) is 0 Å². The highest BCUT2D eigenvalue weighted by Gasteiger charge is 2.26. The summed E-state index contributed by atoms with van der Waals surface area (Å²) in [6.45, 7) is 6.04. The molecule has 0 aliphatic carbocycles. The molecular weight excluding hydrogens is 178 g/mol. The molecule has 0 saturated carbocycles. The third kappa shape index (κ3) is 3.23. The predicted molar refractivity (Wildman–Crippen MR) is 57.5 cm³/mol. The van der Waals surface area contributed by atoms with Crippen molar-refractivity contribution in [3.8, 4) is 0 Å². The number of ether oxygens (including phenoxy) is 2. The minimum absolute atomic E-state index is 0.226. The molecule has 14 heavy (non-hydrogen) atoms. The Morgan fingerprint density at radius 3 is 2.71 bits per heavy atom. The standard InChI is InChI=1S/C11H23NO2/c1-4-9(5-2)12-10-6-7-14-8-11(10)13-3/h9-12H,4-8H2,1-3H3. The number of nitrogens with one attached hydrogen (secondary N) is 1. The second-order valence-corrected chi connectivity index (χ2v) is 3.92. The highest BCUT2D eigenvalue weighted by atomic mass is 16.5. The van der Waals surface area contributed by atoms with Gasteiger partial charge in [-0.3, -0.25) is 0 Å². The average molecular weight is 201 g/mol. The van der Waals surface area contributed by atoms with Gasteiger partial charge in [-0.2, -0.15) is 0 Å². The van der Waals surface area contributed by atoms with E-state index in [4.69, 9.17) is 9.47 Å². The average Bonchev–Trinajstić information content (AvgIpc) is 2.26. The van der Waals surface area contributed by atoms with E-state index in [1.807, 2.05) is 0 Å². The van der Waals surface area contributed by atoms with Gasteiger partial charge in [0, 0.05) is 25.8 Å². The van der Waals surface area contributed by atoms with Crippen LogP contribution in [0.3, 0.4) is 0 Å². The van der Waals surface area contributed by atoms with E-state index in [-0.39, 0.29) is 6.10 Å². The Morgan fingerprint density at radius 1 is 1.43 bits per heavy atom. The Bertz CT molecular complexity index is 148. The van der Waals surface area contributed by atoms with Crippen molar-refractivity contribution in [1.29, 1.82) is 0 Å². The maximum atomic E-state index is 5.41. The molecule has 0 amide bonds. The van der Waals surface area contributed by atoms with Gasteiger partial charge < -0.3 is 14.8 Å². The van der Waals surface area contributed by atoms with Gasteiger partial charge in [0.1, 0.15) is 0 Å². The summed E-state index contributed by atoms with van der Waals surface area (Å²) >= 11 is 0. The van der Waals surface area contributed by atoms with Gasteiger partial charge in [0.2, 0.25) is 0 Å². The van der Waals surface area contributed by atoms with E-state index in [0.29, 0.717) is 12.1 Å². The zero-order valence-corrected chi connectivity index (χ0v) is 9.58. The molecule has 0 bridgehead atoms. The Labute approximate surface area is 87.2 Å². The molecule has 0 aromatic carbocycles. The molecule has 0 aromatic heterocycles. The van der Waals surface area contributed by atoms with Crippen molar-refractivity contribution in [1.82, 2.24) is 5.32 Å². The summed E-state index contributed by atoms with van der Waals surface area (Å²) < 4.78 is 10.8. The first-order valence-electron chi connectivity index (χ1n) is 5.68. The molecule has 3 nitrogen and oxygen atoms in total. The van der Waals surface area contributed by atoms with Gasteiger partial charge in [-0.1, -0.05) is 13.8 Å². The molecule has 0 spiro atoms. The first-order valence-corrected chi connectivity index (χ1v) is 5.68. The first-order chi connectivity index (χ1) is 6.81. The topological polar surface area (TPSA) is 30.5 Å². The SMILES string of the molecule is CCC(CC)NC1CCOCC1OC. The molecule has 1 aliphatic rings. The van der Waals surface area contributed by atoms with Gasteiger partial charge in [-0.05, 0) is 19.3 Å². The summed E-state index contributed by atoms with van der Waals surface area (Å²) in [4.78, 5) is 0. The Balaban J connectivity index is 2.39. The van der Waals surface area contributed by atoms with Gasteiger partial charge in [-0.15, -0.1) is 0 Å². The molecular formula is C11H23NO2. The third-order valence-corrected chi connectivity index (χ3v) is 3.04. The number of rotatable bonds is 5. The van der Waals surface area contributed by atoms with Crippen LogP contribution in [0.5, 0.6) is 0 Å². The molecule has 1 aliphatic heterocycles. The molecule has 2 unspecified atom stereocenters. The van der Waals surface area contributed by atoms with E-state index in [1.165, 1.54) is 12.8 Å². The van der Waals surface area contributed by atoms with Crippen LogP contribution in [0.4, 0.5) is 0 Å². The minimum Gasteiger partial charge on any atom is -0.379 e.